The number of ketones is 1. The van der Waals surface area contributed by atoms with E-state index < -0.39 is 6.10 Å². The first-order valence-corrected chi connectivity index (χ1v) is 10.6. The molecule has 0 fully saturated rings. The van der Waals surface area contributed by atoms with Gasteiger partial charge in [-0.2, -0.15) is 0 Å². The van der Waals surface area contributed by atoms with Crippen LogP contribution in [0.5, 0.6) is 11.5 Å². The number of esters is 1. The highest BCUT2D eigenvalue weighted by Gasteiger charge is 2.19. The van der Waals surface area contributed by atoms with Crippen LogP contribution in [-0.2, 0) is 16.1 Å². The van der Waals surface area contributed by atoms with Crippen molar-refractivity contribution in [2.75, 3.05) is 6.61 Å². The average molecular weight is 434 g/mol. The Labute approximate surface area is 188 Å². The largest absolute Gasteiger partial charge is 0.489 e. The summed E-state index contributed by atoms with van der Waals surface area (Å²) in [6, 6.07) is 18.5. The third kappa shape index (κ3) is 6.67. The minimum Gasteiger partial charge on any atom is -0.489 e. The van der Waals surface area contributed by atoms with E-state index >= 15 is 0 Å². The Hall–Kier alpha value is -3.67. The molecule has 3 aromatic rings. The summed E-state index contributed by atoms with van der Waals surface area (Å²) in [7, 11) is 0. The van der Waals surface area contributed by atoms with Crippen LogP contribution >= 0.6 is 0 Å². The van der Waals surface area contributed by atoms with Crippen molar-refractivity contribution < 1.29 is 23.8 Å². The molecular formula is C26H27NO5. The summed E-state index contributed by atoms with van der Waals surface area (Å²) in [5.74, 6) is 0.596. The quantitative estimate of drug-likeness (QED) is 0.301. The van der Waals surface area contributed by atoms with E-state index in [1.807, 2.05) is 42.5 Å². The Morgan fingerprint density at radius 3 is 2.53 bits per heavy atom. The molecule has 0 bridgehead atoms. The molecular weight excluding hydrogens is 406 g/mol. The Balaban J connectivity index is 1.82. The maximum absolute atomic E-state index is 12.2. The molecule has 0 saturated heterocycles. The van der Waals surface area contributed by atoms with Gasteiger partial charge in [-0.1, -0.05) is 36.4 Å². The molecule has 32 heavy (non-hydrogen) atoms. The fraction of sp³-hybridized carbons (Fsp3) is 0.269. The van der Waals surface area contributed by atoms with Crippen molar-refractivity contribution in [2.45, 2.75) is 39.4 Å². The Bertz CT molecular complexity index is 1020. The van der Waals surface area contributed by atoms with Gasteiger partial charge in [-0.15, -0.1) is 0 Å². The molecule has 2 aromatic carbocycles. The molecule has 1 aromatic heterocycles. The fourth-order valence-electron chi connectivity index (χ4n) is 3.23. The highest BCUT2D eigenvalue weighted by atomic mass is 16.5. The molecule has 0 amide bonds. The number of carbonyl (C=O) groups is 2. The summed E-state index contributed by atoms with van der Waals surface area (Å²) in [5.41, 5.74) is 2.30. The second-order valence-corrected chi connectivity index (χ2v) is 7.22. The van der Waals surface area contributed by atoms with E-state index in [4.69, 9.17) is 14.2 Å². The zero-order valence-electron chi connectivity index (χ0n) is 18.3. The summed E-state index contributed by atoms with van der Waals surface area (Å²) in [6.07, 6.45) is 3.65. The van der Waals surface area contributed by atoms with Crippen molar-refractivity contribution in [2.24, 2.45) is 0 Å². The number of pyridine rings is 1. The van der Waals surface area contributed by atoms with Crippen LogP contribution in [0, 0.1) is 0 Å². The lowest BCUT2D eigenvalue weighted by Crippen LogP contribution is -2.13. The number of aromatic nitrogens is 1. The van der Waals surface area contributed by atoms with Crippen molar-refractivity contribution in [3.05, 3.63) is 89.7 Å². The number of carbonyl (C=O) groups excluding carboxylic acids is 2. The van der Waals surface area contributed by atoms with Crippen LogP contribution < -0.4 is 9.47 Å². The number of hydrogen-bond donors (Lipinski definition) is 0. The molecule has 0 saturated carbocycles. The molecule has 0 N–H and O–H groups in total. The van der Waals surface area contributed by atoms with E-state index in [0.717, 1.165) is 11.1 Å². The predicted molar refractivity (Wildman–Crippen MR) is 121 cm³/mol. The molecule has 0 aliphatic carbocycles. The zero-order chi connectivity index (χ0) is 22.8. The number of rotatable bonds is 11. The van der Waals surface area contributed by atoms with Crippen LogP contribution in [-0.4, -0.2) is 23.3 Å². The Kier molecular flexibility index (Phi) is 8.37. The smallest absolute Gasteiger partial charge is 0.305 e. The summed E-state index contributed by atoms with van der Waals surface area (Å²) < 4.78 is 17.2. The molecule has 0 aliphatic heterocycles. The van der Waals surface area contributed by atoms with Gasteiger partial charge in [0, 0.05) is 30.4 Å². The minimum absolute atomic E-state index is 0.115. The van der Waals surface area contributed by atoms with Crippen molar-refractivity contribution in [1.82, 2.24) is 4.98 Å². The highest BCUT2D eigenvalue weighted by Crippen LogP contribution is 2.32. The molecule has 1 unspecified atom stereocenters. The molecule has 3 rings (SSSR count). The van der Waals surface area contributed by atoms with Gasteiger partial charge in [0.2, 0.25) is 0 Å². The van der Waals surface area contributed by atoms with Gasteiger partial charge in [-0.25, -0.2) is 0 Å². The van der Waals surface area contributed by atoms with Crippen LogP contribution in [0.25, 0.3) is 0 Å². The normalized spacial score (nSPS) is 11.4. The van der Waals surface area contributed by atoms with E-state index in [2.05, 4.69) is 4.98 Å². The van der Waals surface area contributed by atoms with Crippen molar-refractivity contribution in [1.29, 1.82) is 0 Å². The monoisotopic (exact) mass is 433 g/mol. The maximum Gasteiger partial charge on any atom is 0.305 e. The topological polar surface area (TPSA) is 74.7 Å². The highest BCUT2D eigenvalue weighted by molar-refractivity contribution is 5.97. The van der Waals surface area contributed by atoms with E-state index in [-0.39, 0.29) is 18.2 Å². The number of nitrogens with zero attached hydrogens (tertiary/aromatic N) is 1. The van der Waals surface area contributed by atoms with E-state index in [1.165, 1.54) is 6.92 Å². The van der Waals surface area contributed by atoms with Crippen molar-refractivity contribution >= 4 is 11.8 Å². The van der Waals surface area contributed by atoms with E-state index in [9.17, 15) is 9.59 Å². The third-order valence-corrected chi connectivity index (χ3v) is 4.82. The fourth-order valence-corrected chi connectivity index (χ4v) is 3.23. The van der Waals surface area contributed by atoms with Gasteiger partial charge in [-0.05, 0) is 44.0 Å². The lowest BCUT2D eigenvalue weighted by Gasteiger charge is -2.21. The first kappa shape index (κ1) is 23.0. The Morgan fingerprint density at radius 2 is 1.84 bits per heavy atom. The van der Waals surface area contributed by atoms with Crippen LogP contribution in [0.3, 0.4) is 0 Å². The van der Waals surface area contributed by atoms with Gasteiger partial charge in [0.15, 0.2) is 5.78 Å². The maximum atomic E-state index is 12.2. The van der Waals surface area contributed by atoms with Gasteiger partial charge in [0.05, 0.1) is 12.2 Å². The Morgan fingerprint density at radius 1 is 1.03 bits per heavy atom. The SMILES string of the molecule is CCOC(=O)CCC(Oc1cc(OCc2cccnc2)ccc1C(C)=O)c1ccccc1. The van der Waals surface area contributed by atoms with Gasteiger partial charge >= 0.3 is 5.97 Å². The molecule has 1 heterocycles. The first-order valence-electron chi connectivity index (χ1n) is 10.6. The summed E-state index contributed by atoms with van der Waals surface area (Å²) >= 11 is 0. The molecule has 6 nitrogen and oxygen atoms in total. The van der Waals surface area contributed by atoms with Crippen molar-refractivity contribution in [3.8, 4) is 11.5 Å². The molecule has 0 radical (unpaired) electrons. The summed E-state index contributed by atoms with van der Waals surface area (Å²) in [4.78, 5) is 28.2. The average Bonchev–Trinajstić information content (AvgIpc) is 2.81. The molecule has 1 atom stereocenters. The van der Waals surface area contributed by atoms with Gasteiger partial charge in [-0.3, -0.25) is 14.6 Å². The standard InChI is InChI=1S/C26H27NO5/c1-3-30-26(29)14-13-24(21-9-5-4-6-10-21)32-25-16-22(11-12-23(25)19(2)28)31-18-20-8-7-15-27-17-20/h4-12,15-17,24H,3,13-14,18H2,1-2H3. The lowest BCUT2D eigenvalue weighted by molar-refractivity contribution is -0.143. The predicted octanol–water partition coefficient (Wildman–Crippen LogP) is 5.33. The third-order valence-electron chi connectivity index (χ3n) is 4.82. The van der Waals surface area contributed by atoms with Gasteiger partial charge < -0.3 is 14.2 Å². The number of hydrogen-bond acceptors (Lipinski definition) is 6. The van der Waals surface area contributed by atoms with E-state index in [0.29, 0.717) is 36.7 Å². The molecule has 6 heteroatoms. The van der Waals surface area contributed by atoms with Crippen LogP contribution in [0.2, 0.25) is 0 Å². The lowest BCUT2D eigenvalue weighted by atomic mass is 10.0. The zero-order valence-corrected chi connectivity index (χ0v) is 18.3. The van der Waals surface area contributed by atoms with Crippen LogP contribution in [0.15, 0.2) is 73.1 Å². The number of Topliss-reactive ketones (excluding diaryl/α,β-unsaturated/α-hetero) is 1. The second-order valence-electron chi connectivity index (χ2n) is 7.22. The van der Waals surface area contributed by atoms with Crippen LogP contribution in [0.4, 0.5) is 0 Å². The van der Waals surface area contributed by atoms with E-state index in [1.54, 1.807) is 37.5 Å². The summed E-state index contributed by atoms with van der Waals surface area (Å²) in [6.45, 7) is 3.95. The van der Waals surface area contributed by atoms with Gasteiger partial charge in [0.25, 0.3) is 0 Å². The van der Waals surface area contributed by atoms with Crippen LogP contribution in [0.1, 0.15) is 54.3 Å². The number of benzene rings is 2. The molecule has 0 aliphatic rings. The summed E-state index contributed by atoms with van der Waals surface area (Å²) in [5, 5.41) is 0. The minimum atomic E-state index is -0.424. The molecule has 166 valence electrons. The van der Waals surface area contributed by atoms with Gasteiger partial charge in [0.1, 0.15) is 24.2 Å². The molecule has 0 spiro atoms. The van der Waals surface area contributed by atoms with Crippen molar-refractivity contribution in [3.63, 3.8) is 0 Å². The first-order chi connectivity index (χ1) is 15.6. The second kappa shape index (κ2) is 11.6. The number of ether oxygens (including phenoxy) is 3.